The average molecular weight is 396 g/mol. The van der Waals surface area contributed by atoms with Gasteiger partial charge in [0.05, 0.1) is 25.8 Å². The fourth-order valence-corrected chi connectivity index (χ4v) is 2.85. The van der Waals surface area contributed by atoms with Gasteiger partial charge in [-0.2, -0.15) is 13.2 Å². The van der Waals surface area contributed by atoms with Crippen molar-refractivity contribution in [1.82, 2.24) is 10.6 Å². The summed E-state index contributed by atoms with van der Waals surface area (Å²) in [6.07, 6.45) is -4.01. The molecule has 0 aliphatic heterocycles. The van der Waals surface area contributed by atoms with E-state index in [0.29, 0.717) is 17.9 Å². The average Bonchev–Trinajstić information content (AvgIpc) is 2.67. The molecular weight excluding hydrogens is 373 g/mol. The van der Waals surface area contributed by atoms with Crippen molar-refractivity contribution in [2.24, 2.45) is 0 Å². The van der Waals surface area contributed by atoms with Crippen molar-refractivity contribution in [1.29, 1.82) is 0 Å². The minimum atomic E-state index is -4.48. The van der Waals surface area contributed by atoms with Gasteiger partial charge < -0.3 is 20.1 Å². The highest BCUT2D eigenvalue weighted by Gasteiger charge is 2.34. The molecule has 0 saturated heterocycles. The number of rotatable bonds is 7. The zero-order chi connectivity index (χ0) is 20.7. The Labute approximate surface area is 161 Å². The van der Waals surface area contributed by atoms with E-state index in [1.165, 1.54) is 25.1 Å². The third kappa shape index (κ3) is 5.55. The number of hydrogen-bond acceptors (Lipinski definition) is 3. The Morgan fingerprint density at radius 2 is 1.82 bits per heavy atom. The minimum absolute atomic E-state index is 0.0135. The van der Waals surface area contributed by atoms with Crippen molar-refractivity contribution < 1.29 is 27.4 Å². The number of ether oxygens (including phenoxy) is 2. The molecule has 2 rings (SSSR count). The highest BCUT2D eigenvalue weighted by atomic mass is 19.4. The molecule has 152 valence electrons. The number of carbonyl (C=O) groups excluding carboxylic acids is 1. The molecule has 0 heterocycles. The summed E-state index contributed by atoms with van der Waals surface area (Å²) in [5, 5.41) is 5.19. The lowest BCUT2D eigenvalue weighted by atomic mass is 10.0. The zero-order valence-electron chi connectivity index (χ0n) is 15.9. The van der Waals surface area contributed by atoms with E-state index >= 15 is 0 Å². The van der Waals surface area contributed by atoms with Crippen molar-refractivity contribution in [2.75, 3.05) is 20.8 Å². The molecule has 2 aromatic rings. The minimum Gasteiger partial charge on any atom is -0.497 e. The molecule has 0 aliphatic carbocycles. The van der Waals surface area contributed by atoms with Crippen LogP contribution in [0.4, 0.5) is 18.0 Å². The molecular formula is C20H23F3N2O3. The number of benzene rings is 2. The number of alkyl halides is 3. The first kappa shape index (κ1) is 21.4. The fraction of sp³-hybridized carbons (Fsp3) is 0.350. The normalized spacial score (nSPS) is 12.2. The number of halogens is 3. The molecule has 2 aromatic carbocycles. The fourth-order valence-electron chi connectivity index (χ4n) is 2.85. The Bertz CT molecular complexity index is 810. The van der Waals surface area contributed by atoms with E-state index in [2.05, 4.69) is 10.6 Å². The van der Waals surface area contributed by atoms with Crippen LogP contribution in [0.2, 0.25) is 0 Å². The van der Waals surface area contributed by atoms with Gasteiger partial charge in [0.1, 0.15) is 11.5 Å². The topological polar surface area (TPSA) is 59.6 Å². The van der Waals surface area contributed by atoms with Gasteiger partial charge in [-0.3, -0.25) is 0 Å². The molecule has 2 N–H and O–H groups in total. The SMILES string of the molecule is COc1ccc(OC)c(CCNC(=O)NC(C)c2ccccc2C(F)(F)F)c1. The number of carbonyl (C=O) groups is 1. The second-order valence-electron chi connectivity index (χ2n) is 6.13. The quantitative estimate of drug-likeness (QED) is 0.733. The van der Waals surface area contributed by atoms with Crippen molar-refractivity contribution >= 4 is 6.03 Å². The van der Waals surface area contributed by atoms with E-state index in [4.69, 9.17) is 9.47 Å². The maximum Gasteiger partial charge on any atom is 0.416 e. The van der Waals surface area contributed by atoms with E-state index in [1.807, 2.05) is 0 Å². The van der Waals surface area contributed by atoms with E-state index in [-0.39, 0.29) is 12.1 Å². The Balaban J connectivity index is 1.95. The van der Waals surface area contributed by atoms with Gasteiger partial charge in [0.15, 0.2) is 0 Å². The molecule has 8 heteroatoms. The molecule has 5 nitrogen and oxygen atoms in total. The second kappa shape index (κ2) is 9.34. The van der Waals surface area contributed by atoms with Crippen LogP contribution in [0.3, 0.4) is 0 Å². The largest absolute Gasteiger partial charge is 0.497 e. The Morgan fingerprint density at radius 3 is 2.46 bits per heavy atom. The van der Waals surface area contributed by atoms with Gasteiger partial charge >= 0.3 is 12.2 Å². The number of nitrogens with one attached hydrogen (secondary N) is 2. The molecule has 0 aromatic heterocycles. The Kier molecular flexibility index (Phi) is 7.14. The van der Waals surface area contributed by atoms with Crippen LogP contribution in [0.15, 0.2) is 42.5 Å². The molecule has 1 atom stereocenters. The molecule has 0 bridgehead atoms. The number of methoxy groups -OCH3 is 2. The molecule has 28 heavy (non-hydrogen) atoms. The van der Waals surface area contributed by atoms with E-state index in [1.54, 1.807) is 32.4 Å². The zero-order valence-corrected chi connectivity index (χ0v) is 15.9. The Hall–Kier alpha value is -2.90. The van der Waals surface area contributed by atoms with Crippen LogP contribution in [0.25, 0.3) is 0 Å². The van der Waals surface area contributed by atoms with Crippen LogP contribution < -0.4 is 20.1 Å². The number of urea groups is 1. The van der Waals surface area contributed by atoms with Crippen molar-refractivity contribution in [2.45, 2.75) is 25.6 Å². The lowest BCUT2D eigenvalue weighted by Crippen LogP contribution is -2.38. The summed E-state index contributed by atoms with van der Waals surface area (Å²) < 4.78 is 49.8. The number of hydrogen-bond donors (Lipinski definition) is 2. The van der Waals surface area contributed by atoms with Gasteiger partial charge in [0.25, 0.3) is 0 Å². The van der Waals surface area contributed by atoms with Crippen molar-refractivity contribution in [3.05, 3.63) is 59.2 Å². The van der Waals surface area contributed by atoms with Crippen LogP contribution >= 0.6 is 0 Å². The van der Waals surface area contributed by atoms with Crippen molar-refractivity contribution in [3.63, 3.8) is 0 Å². The van der Waals surface area contributed by atoms with Gasteiger partial charge in [0.2, 0.25) is 0 Å². The molecule has 0 spiro atoms. The summed E-state index contributed by atoms with van der Waals surface area (Å²) in [5.41, 5.74) is 0.0983. The van der Waals surface area contributed by atoms with Gasteiger partial charge in [0, 0.05) is 6.54 Å². The van der Waals surface area contributed by atoms with E-state index in [9.17, 15) is 18.0 Å². The van der Waals surface area contributed by atoms with Crippen LogP contribution in [0.5, 0.6) is 11.5 Å². The summed E-state index contributed by atoms with van der Waals surface area (Å²) in [4.78, 5) is 12.1. The van der Waals surface area contributed by atoms with Crippen LogP contribution in [0, 0.1) is 0 Å². The molecule has 1 unspecified atom stereocenters. The lowest BCUT2D eigenvalue weighted by Gasteiger charge is -2.20. The second-order valence-corrected chi connectivity index (χ2v) is 6.13. The molecule has 0 fully saturated rings. The smallest absolute Gasteiger partial charge is 0.416 e. The van der Waals surface area contributed by atoms with Crippen LogP contribution in [-0.2, 0) is 12.6 Å². The highest BCUT2D eigenvalue weighted by molar-refractivity contribution is 5.74. The first-order valence-electron chi connectivity index (χ1n) is 8.67. The molecule has 0 aliphatic rings. The van der Waals surface area contributed by atoms with Gasteiger partial charge in [-0.15, -0.1) is 0 Å². The van der Waals surface area contributed by atoms with E-state index in [0.717, 1.165) is 11.6 Å². The summed E-state index contributed by atoms with van der Waals surface area (Å²) in [6.45, 7) is 1.79. The molecule has 2 amide bonds. The standard InChI is InChI=1S/C20H23F3N2O3/c1-13(16-6-4-5-7-17(16)20(21,22)23)25-19(26)24-11-10-14-12-15(27-2)8-9-18(14)28-3/h4-9,12-13H,10-11H2,1-3H3,(H2,24,25,26). The van der Waals surface area contributed by atoms with Gasteiger partial charge in [-0.25, -0.2) is 4.79 Å². The summed E-state index contributed by atoms with van der Waals surface area (Å²) in [7, 11) is 3.10. The monoisotopic (exact) mass is 396 g/mol. The van der Waals surface area contributed by atoms with Crippen LogP contribution in [-0.4, -0.2) is 26.8 Å². The van der Waals surface area contributed by atoms with Crippen molar-refractivity contribution in [3.8, 4) is 11.5 Å². The first-order valence-corrected chi connectivity index (χ1v) is 8.67. The van der Waals surface area contributed by atoms with Gasteiger partial charge in [-0.1, -0.05) is 18.2 Å². The third-order valence-corrected chi connectivity index (χ3v) is 4.25. The highest BCUT2D eigenvalue weighted by Crippen LogP contribution is 2.34. The first-order chi connectivity index (χ1) is 13.3. The summed E-state index contributed by atoms with van der Waals surface area (Å²) in [5.74, 6) is 1.33. The third-order valence-electron chi connectivity index (χ3n) is 4.25. The maximum absolute atomic E-state index is 13.1. The predicted octanol–water partition coefficient (Wildman–Crippen LogP) is 4.33. The Morgan fingerprint density at radius 1 is 1.11 bits per heavy atom. The predicted molar refractivity (Wildman–Crippen MR) is 99.6 cm³/mol. The maximum atomic E-state index is 13.1. The number of amides is 2. The summed E-state index contributed by atoms with van der Waals surface area (Å²) >= 11 is 0. The molecule has 0 saturated carbocycles. The lowest BCUT2D eigenvalue weighted by molar-refractivity contribution is -0.138. The van der Waals surface area contributed by atoms with E-state index < -0.39 is 23.8 Å². The molecule has 0 radical (unpaired) electrons. The summed E-state index contributed by atoms with van der Waals surface area (Å²) in [6, 6.07) is 9.18. The van der Waals surface area contributed by atoms with Crippen LogP contribution in [0.1, 0.15) is 29.7 Å². The van der Waals surface area contributed by atoms with Gasteiger partial charge in [-0.05, 0) is 48.7 Å².